The van der Waals surface area contributed by atoms with Crippen molar-refractivity contribution in [3.05, 3.63) is 64.7 Å². The van der Waals surface area contributed by atoms with Crippen LogP contribution in [-0.2, 0) is 16.0 Å². The molecule has 0 bridgehead atoms. The summed E-state index contributed by atoms with van der Waals surface area (Å²) in [7, 11) is 0. The SMILES string of the molecule is Cc1ccc(OCC(=O)NNC(=S)NC(=O)CCc2ccccc2Cl)cc1. The molecule has 2 amide bonds. The minimum Gasteiger partial charge on any atom is -0.484 e. The molecule has 2 rings (SSSR count). The number of ether oxygens (including phenoxy) is 1. The molecule has 0 aliphatic heterocycles. The largest absolute Gasteiger partial charge is 0.484 e. The number of carbonyl (C=O) groups is 2. The number of rotatable bonds is 6. The van der Waals surface area contributed by atoms with E-state index in [9.17, 15) is 9.59 Å². The van der Waals surface area contributed by atoms with E-state index >= 15 is 0 Å². The van der Waals surface area contributed by atoms with Crippen LogP contribution in [0.1, 0.15) is 17.5 Å². The third-order valence-corrected chi connectivity index (χ3v) is 4.11. The first-order valence-corrected chi connectivity index (χ1v) is 9.04. The van der Waals surface area contributed by atoms with E-state index in [2.05, 4.69) is 16.2 Å². The Bertz CT molecular complexity index is 812. The highest BCUT2D eigenvalue weighted by Gasteiger charge is 2.08. The fraction of sp³-hybridized carbons (Fsp3) is 0.211. The van der Waals surface area contributed by atoms with Crippen LogP contribution in [0, 0.1) is 6.92 Å². The third-order valence-electron chi connectivity index (χ3n) is 3.54. The van der Waals surface area contributed by atoms with Crippen LogP contribution in [0.4, 0.5) is 0 Å². The molecular formula is C19H20ClN3O3S. The zero-order valence-corrected chi connectivity index (χ0v) is 16.3. The van der Waals surface area contributed by atoms with Crippen molar-refractivity contribution in [2.45, 2.75) is 19.8 Å². The van der Waals surface area contributed by atoms with Gasteiger partial charge in [0.15, 0.2) is 11.7 Å². The van der Waals surface area contributed by atoms with Crippen LogP contribution in [0.3, 0.4) is 0 Å². The molecule has 0 aliphatic carbocycles. The predicted molar refractivity (Wildman–Crippen MR) is 108 cm³/mol. The number of thiocarbonyl (C=S) groups is 1. The van der Waals surface area contributed by atoms with Gasteiger partial charge in [-0.15, -0.1) is 0 Å². The number of nitrogens with one attached hydrogen (secondary N) is 3. The van der Waals surface area contributed by atoms with Gasteiger partial charge in [0.05, 0.1) is 0 Å². The first-order chi connectivity index (χ1) is 12.9. The maximum atomic E-state index is 11.9. The molecule has 0 fully saturated rings. The van der Waals surface area contributed by atoms with Crippen molar-refractivity contribution >= 4 is 40.7 Å². The Kier molecular flexibility index (Phi) is 8.03. The standard InChI is InChI=1S/C19H20ClN3O3S/c1-13-6-9-15(10-7-13)26-12-18(25)22-23-19(27)21-17(24)11-8-14-4-2-3-5-16(14)20/h2-7,9-10H,8,11-12H2,1H3,(H,22,25)(H2,21,23,24,27). The molecule has 27 heavy (non-hydrogen) atoms. The fourth-order valence-electron chi connectivity index (χ4n) is 2.12. The molecule has 0 aromatic heterocycles. The second-order valence-corrected chi connectivity index (χ2v) is 6.56. The topological polar surface area (TPSA) is 79.5 Å². The van der Waals surface area contributed by atoms with Gasteiger partial charge in [0.2, 0.25) is 5.91 Å². The van der Waals surface area contributed by atoms with E-state index < -0.39 is 5.91 Å². The van der Waals surface area contributed by atoms with Crippen molar-refractivity contribution in [2.75, 3.05) is 6.61 Å². The number of hydrazine groups is 1. The van der Waals surface area contributed by atoms with Crippen LogP contribution < -0.4 is 20.9 Å². The highest BCUT2D eigenvalue weighted by Crippen LogP contribution is 2.16. The lowest BCUT2D eigenvalue weighted by atomic mass is 10.1. The van der Waals surface area contributed by atoms with Crippen molar-refractivity contribution in [3.8, 4) is 5.75 Å². The summed E-state index contributed by atoms with van der Waals surface area (Å²) in [5.74, 6) is -0.119. The maximum absolute atomic E-state index is 11.9. The van der Waals surface area contributed by atoms with Crippen molar-refractivity contribution in [1.82, 2.24) is 16.2 Å². The molecule has 8 heteroatoms. The van der Waals surface area contributed by atoms with Crippen LogP contribution in [0.2, 0.25) is 5.02 Å². The number of hydrogen-bond donors (Lipinski definition) is 3. The molecule has 142 valence electrons. The molecule has 0 unspecified atom stereocenters. The summed E-state index contributed by atoms with van der Waals surface area (Å²) in [6, 6.07) is 14.7. The second-order valence-electron chi connectivity index (χ2n) is 5.74. The average molecular weight is 406 g/mol. The van der Waals surface area contributed by atoms with E-state index in [0.717, 1.165) is 11.1 Å². The van der Waals surface area contributed by atoms with Crippen molar-refractivity contribution in [3.63, 3.8) is 0 Å². The Balaban J connectivity index is 1.64. The van der Waals surface area contributed by atoms with Gasteiger partial charge in [-0.05, 0) is 49.3 Å². The van der Waals surface area contributed by atoms with Crippen LogP contribution in [0.15, 0.2) is 48.5 Å². The van der Waals surface area contributed by atoms with Gasteiger partial charge in [0.25, 0.3) is 5.91 Å². The molecule has 0 radical (unpaired) electrons. The van der Waals surface area contributed by atoms with Crippen LogP contribution in [0.5, 0.6) is 5.75 Å². The van der Waals surface area contributed by atoms with Gasteiger partial charge in [-0.2, -0.15) is 0 Å². The molecular weight excluding hydrogens is 386 g/mol. The zero-order chi connectivity index (χ0) is 19.6. The number of benzene rings is 2. The summed E-state index contributed by atoms with van der Waals surface area (Å²) < 4.78 is 5.34. The Morgan fingerprint density at radius 1 is 1.04 bits per heavy atom. The fourth-order valence-corrected chi connectivity index (χ4v) is 2.51. The highest BCUT2D eigenvalue weighted by atomic mass is 35.5. The summed E-state index contributed by atoms with van der Waals surface area (Å²) in [5.41, 5.74) is 6.81. The predicted octanol–water partition coefficient (Wildman–Crippen LogP) is 2.68. The number of hydrogen-bond acceptors (Lipinski definition) is 4. The number of carbonyl (C=O) groups excluding carboxylic acids is 2. The van der Waals surface area contributed by atoms with E-state index in [1.807, 2.05) is 37.3 Å². The quantitative estimate of drug-likeness (QED) is 0.508. The smallest absolute Gasteiger partial charge is 0.276 e. The summed E-state index contributed by atoms with van der Waals surface area (Å²) in [4.78, 5) is 23.6. The monoisotopic (exact) mass is 405 g/mol. The average Bonchev–Trinajstić information content (AvgIpc) is 2.65. The number of aryl methyl sites for hydroxylation is 2. The summed E-state index contributed by atoms with van der Waals surface area (Å²) in [6.07, 6.45) is 0.709. The minimum atomic E-state index is -0.428. The molecule has 0 aliphatic rings. The molecule has 2 aromatic rings. The Labute approximate surface area is 168 Å². The van der Waals surface area contributed by atoms with Crippen molar-refractivity contribution in [2.24, 2.45) is 0 Å². The highest BCUT2D eigenvalue weighted by molar-refractivity contribution is 7.80. The Morgan fingerprint density at radius 2 is 1.74 bits per heavy atom. The van der Waals surface area contributed by atoms with E-state index in [0.29, 0.717) is 17.2 Å². The molecule has 2 aromatic carbocycles. The lowest BCUT2D eigenvalue weighted by Crippen LogP contribution is -2.49. The van der Waals surface area contributed by atoms with Crippen molar-refractivity contribution < 1.29 is 14.3 Å². The first kappa shape index (κ1) is 20.7. The third kappa shape index (κ3) is 7.64. The van der Waals surface area contributed by atoms with Gasteiger partial charge in [0, 0.05) is 11.4 Å². The zero-order valence-electron chi connectivity index (χ0n) is 14.8. The van der Waals surface area contributed by atoms with Crippen LogP contribution >= 0.6 is 23.8 Å². The van der Waals surface area contributed by atoms with Crippen LogP contribution in [-0.4, -0.2) is 23.5 Å². The molecule has 0 heterocycles. The van der Waals surface area contributed by atoms with Gasteiger partial charge in [-0.1, -0.05) is 47.5 Å². The lowest BCUT2D eigenvalue weighted by molar-refractivity contribution is -0.124. The first-order valence-electron chi connectivity index (χ1n) is 8.25. The van der Waals surface area contributed by atoms with Gasteiger partial charge in [0.1, 0.15) is 5.75 Å². The normalized spacial score (nSPS) is 10.0. The minimum absolute atomic E-state index is 0.00263. The Hall–Kier alpha value is -2.64. The number of halogens is 1. The summed E-state index contributed by atoms with van der Waals surface area (Å²) in [6.45, 7) is 1.78. The van der Waals surface area contributed by atoms with Gasteiger partial charge in [-0.3, -0.25) is 20.4 Å². The van der Waals surface area contributed by atoms with E-state index in [1.165, 1.54) is 0 Å². The second kappa shape index (κ2) is 10.5. The van der Waals surface area contributed by atoms with E-state index in [-0.39, 0.29) is 24.0 Å². The maximum Gasteiger partial charge on any atom is 0.276 e. The van der Waals surface area contributed by atoms with E-state index in [4.69, 9.17) is 28.6 Å². The number of amides is 2. The molecule has 0 saturated carbocycles. The summed E-state index contributed by atoms with van der Waals surface area (Å²) >= 11 is 11.0. The van der Waals surface area contributed by atoms with Gasteiger partial charge >= 0.3 is 0 Å². The van der Waals surface area contributed by atoms with Crippen molar-refractivity contribution in [1.29, 1.82) is 0 Å². The Morgan fingerprint density at radius 3 is 2.44 bits per heavy atom. The van der Waals surface area contributed by atoms with E-state index in [1.54, 1.807) is 18.2 Å². The molecule has 0 atom stereocenters. The summed E-state index contributed by atoms with van der Waals surface area (Å²) in [5, 5.41) is 3.11. The lowest BCUT2D eigenvalue weighted by Gasteiger charge is -2.11. The molecule has 0 spiro atoms. The molecule has 6 nitrogen and oxygen atoms in total. The van der Waals surface area contributed by atoms with Crippen LogP contribution in [0.25, 0.3) is 0 Å². The van der Waals surface area contributed by atoms with Gasteiger partial charge in [-0.25, -0.2) is 0 Å². The van der Waals surface area contributed by atoms with Gasteiger partial charge < -0.3 is 10.1 Å². The molecule has 0 saturated heterocycles. The molecule has 3 N–H and O–H groups in total.